The van der Waals surface area contributed by atoms with Crippen molar-refractivity contribution in [2.75, 3.05) is 44.2 Å². The molecule has 184 valence electrons. The largest absolute Gasteiger partial charge is 0.353 e. The second-order valence-corrected chi connectivity index (χ2v) is 10.4. The summed E-state index contributed by atoms with van der Waals surface area (Å²) in [7, 11) is 0. The van der Waals surface area contributed by atoms with Gasteiger partial charge in [-0.15, -0.1) is 0 Å². The first kappa shape index (κ1) is 24.9. The van der Waals surface area contributed by atoms with Gasteiger partial charge in [-0.05, 0) is 63.3 Å². The number of carbonyl (C=O) groups excluding carboxylic acids is 1. The standard InChI is InChI=1S/C27H38ClN5O/c1-5-12-33(19(2)3)17-23(21-7-9-22(28)10-8-21)27(34)32-15-13-31(14-16-32)26-25-20(4)6-11-24(25)29-18-30-26/h7-10,18-20,23H,5-6,11-17H2,1-4H3. The highest BCUT2D eigenvalue weighted by molar-refractivity contribution is 6.30. The lowest BCUT2D eigenvalue weighted by Crippen LogP contribution is -2.52. The van der Waals surface area contributed by atoms with Crippen LogP contribution in [0.15, 0.2) is 30.6 Å². The monoisotopic (exact) mass is 483 g/mol. The second-order valence-electron chi connectivity index (χ2n) is 10.0. The summed E-state index contributed by atoms with van der Waals surface area (Å²) in [6.45, 7) is 13.6. The number of halogens is 1. The van der Waals surface area contributed by atoms with E-state index >= 15 is 0 Å². The summed E-state index contributed by atoms with van der Waals surface area (Å²) in [5.41, 5.74) is 3.55. The Morgan fingerprint density at radius 1 is 1.15 bits per heavy atom. The van der Waals surface area contributed by atoms with E-state index in [1.807, 2.05) is 29.2 Å². The van der Waals surface area contributed by atoms with Crippen molar-refractivity contribution in [2.24, 2.45) is 0 Å². The van der Waals surface area contributed by atoms with Crippen LogP contribution in [0, 0.1) is 0 Å². The van der Waals surface area contributed by atoms with Crippen LogP contribution >= 0.6 is 11.6 Å². The number of aromatic nitrogens is 2. The summed E-state index contributed by atoms with van der Waals surface area (Å²) >= 11 is 6.15. The highest BCUT2D eigenvalue weighted by atomic mass is 35.5. The molecule has 4 rings (SSSR count). The fourth-order valence-electron chi connectivity index (χ4n) is 5.34. The third kappa shape index (κ3) is 5.38. The number of piperazine rings is 1. The molecule has 1 aromatic heterocycles. The molecule has 0 saturated carbocycles. The van der Waals surface area contributed by atoms with Crippen molar-refractivity contribution in [3.8, 4) is 0 Å². The van der Waals surface area contributed by atoms with Gasteiger partial charge in [0.15, 0.2) is 0 Å². The topological polar surface area (TPSA) is 52.6 Å². The minimum absolute atomic E-state index is 0.193. The van der Waals surface area contributed by atoms with Gasteiger partial charge in [0.1, 0.15) is 12.1 Å². The molecule has 2 unspecified atom stereocenters. The molecule has 0 radical (unpaired) electrons. The molecule has 1 aromatic carbocycles. The number of aryl methyl sites for hydroxylation is 1. The first-order valence-corrected chi connectivity index (χ1v) is 13.1. The number of anilines is 1. The first-order valence-electron chi connectivity index (χ1n) is 12.8. The molecule has 2 aliphatic rings. The molecular formula is C27H38ClN5O. The van der Waals surface area contributed by atoms with E-state index in [-0.39, 0.29) is 11.8 Å². The number of fused-ring (bicyclic) bond motifs is 1. The van der Waals surface area contributed by atoms with Gasteiger partial charge < -0.3 is 9.80 Å². The quantitative estimate of drug-likeness (QED) is 0.543. The Balaban J connectivity index is 1.49. The normalized spacial score (nSPS) is 19.1. The summed E-state index contributed by atoms with van der Waals surface area (Å²) in [5, 5.41) is 0.699. The summed E-state index contributed by atoms with van der Waals surface area (Å²) in [6.07, 6.45) is 4.96. The van der Waals surface area contributed by atoms with Crippen LogP contribution < -0.4 is 4.90 Å². The van der Waals surface area contributed by atoms with Crippen molar-refractivity contribution in [2.45, 2.75) is 64.8 Å². The number of carbonyl (C=O) groups is 1. The maximum atomic E-state index is 13.9. The van der Waals surface area contributed by atoms with Gasteiger partial charge in [-0.3, -0.25) is 9.69 Å². The van der Waals surface area contributed by atoms with Crippen molar-refractivity contribution in [3.63, 3.8) is 0 Å². The van der Waals surface area contributed by atoms with Crippen LogP contribution in [0.2, 0.25) is 5.02 Å². The average Bonchev–Trinajstić information content (AvgIpc) is 3.23. The summed E-state index contributed by atoms with van der Waals surface area (Å²) in [4.78, 5) is 29.8. The fraction of sp³-hybridized carbons (Fsp3) is 0.593. The van der Waals surface area contributed by atoms with Crippen LogP contribution in [-0.4, -0.2) is 71.0 Å². The molecule has 1 aliphatic heterocycles. The van der Waals surface area contributed by atoms with Crippen molar-refractivity contribution in [3.05, 3.63) is 52.4 Å². The van der Waals surface area contributed by atoms with E-state index in [9.17, 15) is 4.79 Å². The van der Waals surface area contributed by atoms with Crippen molar-refractivity contribution in [1.29, 1.82) is 0 Å². The van der Waals surface area contributed by atoms with Crippen LogP contribution in [0.5, 0.6) is 0 Å². The van der Waals surface area contributed by atoms with E-state index in [0.29, 0.717) is 30.1 Å². The van der Waals surface area contributed by atoms with E-state index in [4.69, 9.17) is 11.6 Å². The van der Waals surface area contributed by atoms with E-state index in [2.05, 4.69) is 47.5 Å². The predicted octanol–water partition coefficient (Wildman–Crippen LogP) is 4.73. The third-order valence-electron chi connectivity index (χ3n) is 7.37. The van der Waals surface area contributed by atoms with E-state index in [0.717, 1.165) is 56.8 Å². The smallest absolute Gasteiger partial charge is 0.231 e. The van der Waals surface area contributed by atoms with Gasteiger partial charge in [0.2, 0.25) is 5.91 Å². The molecule has 0 bridgehead atoms. The Morgan fingerprint density at radius 3 is 2.50 bits per heavy atom. The van der Waals surface area contributed by atoms with Crippen molar-refractivity contribution in [1.82, 2.24) is 19.8 Å². The van der Waals surface area contributed by atoms with Crippen molar-refractivity contribution < 1.29 is 4.79 Å². The lowest BCUT2D eigenvalue weighted by molar-refractivity contribution is -0.133. The molecule has 7 heteroatoms. The molecule has 1 saturated heterocycles. The Kier molecular flexibility index (Phi) is 8.10. The van der Waals surface area contributed by atoms with Gasteiger partial charge in [-0.2, -0.15) is 0 Å². The lowest BCUT2D eigenvalue weighted by atomic mass is 9.95. The first-order chi connectivity index (χ1) is 16.4. The number of hydrogen-bond donors (Lipinski definition) is 0. The SMILES string of the molecule is CCCN(CC(C(=O)N1CCN(c2ncnc3c2C(C)CC3)CC1)c1ccc(Cl)cc1)C(C)C. The number of hydrogen-bond acceptors (Lipinski definition) is 5. The molecule has 0 N–H and O–H groups in total. The van der Waals surface area contributed by atoms with E-state index in [1.54, 1.807) is 6.33 Å². The highest BCUT2D eigenvalue weighted by Crippen LogP contribution is 2.37. The maximum absolute atomic E-state index is 13.9. The third-order valence-corrected chi connectivity index (χ3v) is 7.62. The number of nitrogens with zero attached hydrogens (tertiary/aromatic N) is 5. The Morgan fingerprint density at radius 2 is 1.85 bits per heavy atom. The van der Waals surface area contributed by atoms with Gasteiger partial charge in [0.05, 0.1) is 5.92 Å². The van der Waals surface area contributed by atoms with E-state index in [1.165, 1.54) is 11.3 Å². The van der Waals surface area contributed by atoms with Gasteiger partial charge in [0, 0.05) is 55.0 Å². The molecule has 1 fully saturated rings. The van der Waals surface area contributed by atoms with Gasteiger partial charge in [0.25, 0.3) is 0 Å². The zero-order chi connectivity index (χ0) is 24.2. The minimum atomic E-state index is -0.193. The maximum Gasteiger partial charge on any atom is 0.231 e. The molecule has 34 heavy (non-hydrogen) atoms. The Hall–Kier alpha value is -2.18. The van der Waals surface area contributed by atoms with Crippen LogP contribution in [0.4, 0.5) is 5.82 Å². The average molecular weight is 484 g/mol. The van der Waals surface area contributed by atoms with Crippen LogP contribution in [0.1, 0.15) is 69.2 Å². The molecule has 6 nitrogen and oxygen atoms in total. The van der Waals surface area contributed by atoms with Gasteiger partial charge in [-0.1, -0.05) is 37.6 Å². The van der Waals surface area contributed by atoms with Gasteiger partial charge in [-0.25, -0.2) is 9.97 Å². The molecule has 2 heterocycles. The minimum Gasteiger partial charge on any atom is -0.353 e. The molecule has 2 atom stereocenters. The Labute approximate surface area is 209 Å². The van der Waals surface area contributed by atoms with E-state index < -0.39 is 0 Å². The Bertz CT molecular complexity index is 971. The van der Waals surface area contributed by atoms with Crippen LogP contribution in [0.25, 0.3) is 0 Å². The van der Waals surface area contributed by atoms with Crippen LogP contribution in [0.3, 0.4) is 0 Å². The molecular weight excluding hydrogens is 446 g/mol. The molecule has 2 aromatic rings. The lowest BCUT2D eigenvalue weighted by Gasteiger charge is -2.39. The summed E-state index contributed by atoms with van der Waals surface area (Å²) in [6, 6.07) is 8.20. The van der Waals surface area contributed by atoms with Gasteiger partial charge >= 0.3 is 0 Å². The second kappa shape index (κ2) is 11.0. The van der Waals surface area contributed by atoms with Crippen molar-refractivity contribution >= 4 is 23.3 Å². The fourth-order valence-corrected chi connectivity index (χ4v) is 5.46. The number of rotatable bonds is 8. The summed E-state index contributed by atoms with van der Waals surface area (Å²) in [5.74, 6) is 1.59. The molecule has 1 aliphatic carbocycles. The van der Waals surface area contributed by atoms with Crippen LogP contribution in [-0.2, 0) is 11.2 Å². The summed E-state index contributed by atoms with van der Waals surface area (Å²) < 4.78 is 0. The number of benzene rings is 1. The molecule has 0 spiro atoms. The zero-order valence-corrected chi connectivity index (χ0v) is 21.8. The zero-order valence-electron chi connectivity index (χ0n) is 21.0. The highest BCUT2D eigenvalue weighted by Gasteiger charge is 2.33. The molecule has 1 amide bonds. The number of amides is 1. The predicted molar refractivity (Wildman–Crippen MR) is 139 cm³/mol.